The molecule has 34 heavy (non-hydrogen) atoms. The molecule has 1 fully saturated rings. The van der Waals surface area contributed by atoms with E-state index in [2.05, 4.69) is 0 Å². The van der Waals surface area contributed by atoms with Crippen LogP contribution >= 0.6 is 0 Å². The number of hydrogen-bond donors (Lipinski definition) is 0. The number of ether oxygens (including phenoxy) is 3. The average molecular weight is 464 g/mol. The maximum absolute atomic E-state index is 13.8. The van der Waals surface area contributed by atoms with Crippen molar-refractivity contribution in [1.82, 2.24) is 4.90 Å². The molecule has 0 aromatic heterocycles. The predicted molar refractivity (Wildman–Crippen MR) is 129 cm³/mol. The first-order chi connectivity index (χ1) is 16.6. The number of benzene rings is 3. The van der Waals surface area contributed by atoms with Crippen molar-refractivity contribution in [3.63, 3.8) is 0 Å². The first-order valence-electron chi connectivity index (χ1n) is 11.6. The summed E-state index contributed by atoms with van der Waals surface area (Å²) in [5.41, 5.74) is 2.16. The third-order valence-electron chi connectivity index (χ3n) is 5.92. The number of hydrogen-bond acceptors (Lipinski definition) is 4. The van der Waals surface area contributed by atoms with E-state index in [0.717, 1.165) is 25.0 Å². The van der Waals surface area contributed by atoms with Crippen molar-refractivity contribution in [2.45, 2.75) is 31.9 Å². The molecule has 5 nitrogen and oxygen atoms in total. The summed E-state index contributed by atoms with van der Waals surface area (Å²) in [7, 11) is 1.59. The lowest BCUT2D eigenvalue weighted by Crippen LogP contribution is -2.37. The fourth-order valence-corrected chi connectivity index (χ4v) is 4.13. The van der Waals surface area contributed by atoms with Gasteiger partial charge in [0.25, 0.3) is 5.91 Å². The largest absolute Gasteiger partial charge is 0.497 e. The fraction of sp³-hybridized carbons (Fsp3) is 0.321. The van der Waals surface area contributed by atoms with Gasteiger partial charge in [0.2, 0.25) is 0 Å². The first kappa shape index (κ1) is 23.8. The SMILES string of the molecule is COc1cccc(C(=O)N(Cc2cccc(OCCc3ccccc3F)c2)C[C@@H]2CCCO2)c1. The van der Waals surface area contributed by atoms with Gasteiger partial charge in [-0.1, -0.05) is 36.4 Å². The third-order valence-corrected chi connectivity index (χ3v) is 5.92. The highest BCUT2D eigenvalue weighted by atomic mass is 19.1. The van der Waals surface area contributed by atoms with Crippen molar-refractivity contribution in [2.75, 3.05) is 26.9 Å². The summed E-state index contributed by atoms with van der Waals surface area (Å²) in [6.45, 7) is 2.05. The standard InChI is InChI=1S/C28H30FNO4/c1-32-24-10-5-9-23(18-24)28(31)30(20-26-12-6-15-33-26)19-21-7-4-11-25(17-21)34-16-14-22-8-2-3-13-27(22)29/h2-5,7-11,13,17-18,26H,6,12,14-16,19-20H2,1H3/t26-/m0/s1. The zero-order chi connectivity index (χ0) is 23.8. The van der Waals surface area contributed by atoms with Crippen LogP contribution in [0.15, 0.2) is 72.8 Å². The number of halogens is 1. The highest BCUT2D eigenvalue weighted by Gasteiger charge is 2.24. The number of amides is 1. The number of nitrogens with zero attached hydrogens (tertiary/aromatic N) is 1. The van der Waals surface area contributed by atoms with E-state index in [9.17, 15) is 9.18 Å². The van der Waals surface area contributed by atoms with Crippen molar-refractivity contribution in [3.8, 4) is 11.5 Å². The summed E-state index contributed by atoms with van der Waals surface area (Å²) in [4.78, 5) is 15.2. The molecule has 4 rings (SSSR count). The van der Waals surface area contributed by atoms with Crippen molar-refractivity contribution < 1.29 is 23.4 Å². The molecule has 1 aliphatic rings. The average Bonchev–Trinajstić information content (AvgIpc) is 3.38. The van der Waals surface area contributed by atoms with Crippen LogP contribution < -0.4 is 9.47 Å². The molecule has 0 radical (unpaired) electrons. The molecule has 3 aromatic rings. The van der Waals surface area contributed by atoms with Crippen LogP contribution in [-0.4, -0.2) is 43.8 Å². The Hall–Kier alpha value is -3.38. The van der Waals surface area contributed by atoms with Crippen LogP contribution in [0.3, 0.4) is 0 Å². The second-order valence-corrected chi connectivity index (χ2v) is 8.39. The van der Waals surface area contributed by atoms with Gasteiger partial charge < -0.3 is 19.1 Å². The minimum absolute atomic E-state index is 0.0368. The lowest BCUT2D eigenvalue weighted by molar-refractivity contribution is 0.0507. The fourth-order valence-electron chi connectivity index (χ4n) is 4.13. The van der Waals surface area contributed by atoms with E-state index in [1.165, 1.54) is 6.07 Å². The van der Waals surface area contributed by atoms with Crippen LogP contribution in [0.25, 0.3) is 0 Å². The van der Waals surface area contributed by atoms with Crippen LogP contribution in [0.2, 0.25) is 0 Å². The zero-order valence-corrected chi connectivity index (χ0v) is 19.4. The van der Waals surface area contributed by atoms with Crippen molar-refractivity contribution in [2.24, 2.45) is 0 Å². The number of methoxy groups -OCH3 is 1. The molecule has 178 valence electrons. The highest BCUT2D eigenvalue weighted by molar-refractivity contribution is 5.94. The molecule has 1 atom stereocenters. The minimum Gasteiger partial charge on any atom is -0.497 e. The van der Waals surface area contributed by atoms with Gasteiger partial charge in [0, 0.05) is 31.7 Å². The van der Waals surface area contributed by atoms with Gasteiger partial charge in [-0.05, 0) is 60.4 Å². The van der Waals surface area contributed by atoms with Crippen molar-refractivity contribution >= 4 is 5.91 Å². The van der Waals surface area contributed by atoms with E-state index in [0.29, 0.717) is 48.7 Å². The van der Waals surface area contributed by atoms with Crippen molar-refractivity contribution in [1.29, 1.82) is 0 Å². The predicted octanol–water partition coefficient (Wildman–Crippen LogP) is 5.28. The first-order valence-corrected chi connectivity index (χ1v) is 11.6. The summed E-state index contributed by atoms with van der Waals surface area (Å²) in [6.07, 6.45) is 2.48. The lowest BCUT2D eigenvalue weighted by atomic mass is 10.1. The monoisotopic (exact) mass is 463 g/mol. The molecule has 3 aromatic carbocycles. The van der Waals surface area contributed by atoms with E-state index in [1.807, 2.05) is 47.4 Å². The van der Waals surface area contributed by atoms with E-state index in [4.69, 9.17) is 14.2 Å². The Morgan fingerprint density at radius 1 is 1.06 bits per heavy atom. The van der Waals surface area contributed by atoms with E-state index >= 15 is 0 Å². The van der Waals surface area contributed by atoms with Gasteiger partial charge in [-0.2, -0.15) is 0 Å². The summed E-state index contributed by atoms with van der Waals surface area (Å²) in [5, 5.41) is 0. The Morgan fingerprint density at radius 3 is 2.68 bits per heavy atom. The second-order valence-electron chi connectivity index (χ2n) is 8.39. The zero-order valence-electron chi connectivity index (χ0n) is 19.4. The number of carbonyl (C=O) groups excluding carboxylic acids is 1. The smallest absolute Gasteiger partial charge is 0.254 e. The summed E-state index contributed by atoms with van der Waals surface area (Å²) < 4.78 is 30.8. The summed E-state index contributed by atoms with van der Waals surface area (Å²) in [6, 6.07) is 21.6. The van der Waals surface area contributed by atoms with Gasteiger partial charge >= 0.3 is 0 Å². The number of carbonyl (C=O) groups is 1. The molecule has 1 saturated heterocycles. The van der Waals surface area contributed by atoms with E-state index in [-0.39, 0.29) is 17.8 Å². The van der Waals surface area contributed by atoms with Gasteiger partial charge in [0.15, 0.2) is 0 Å². The molecule has 1 heterocycles. The van der Waals surface area contributed by atoms with E-state index in [1.54, 1.807) is 31.4 Å². The summed E-state index contributed by atoms with van der Waals surface area (Å²) in [5.74, 6) is 1.05. The minimum atomic E-state index is -0.222. The molecule has 1 aliphatic heterocycles. The molecule has 0 saturated carbocycles. The van der Waals surface area contributed by atoms with Crippen molar-refractivity contribution in [3.05, 3.63) is 95.3 Å². The van der Waals surface area contributed by atoms with Gasteiger partial charge in [0.05, 0.1) is 19.8 Å². The van der Waals surface area contributed by atoms with E-state index < -0.39 is 0 Å². The Bertz CT molecular complexity index is 1100. The molecular formula is C28H30FNO4. The maximum Gasteiger partial charge on any atom is 0.254 e. The quantitative estimate of drug-likeness (QED) is 0.411. The molecule has 0 spiro atoms. The van der Waals surface area contributed by atoms with Crippen LogP contribution in [-0.2, 0) is 17.7 Å². The Balaban J connectivity index is 1.44. The van der Waals surface area contributed by atoms with Gasteiger partial charge in [-0.25, -0.2) is 4.39 Å². The van der Waals surface area contributed by atoms with Gasteiger partial charge in [-0.3, -0.25) is 4.79 Å². The molecule has 6 heteroatoms. The maximum atomic E-state index is 13.8. The Morgan fingerprint density at radius 2 is 1.88 bits per heavy atom. The summed E-state index contributed by atoms with van der Waals surface area (Å²) >= 11 is 0. The van der Waals surface area contributed by atoms with Crippen LogP contribution in [0.5, 0.6) is 11.5 Å². The topological polar surface area (TPSA) is 48.0 Å². The molecular weight excluding hydrogens is 433 g/mol. The molecule has 1 amide bonds. The van der Waals surface area contributed by atoms with Crippen LogP contribution in [0.1, 0.15) is 34.3 Å². The Kier molecular flexibility index (Phi) is 8.15. The third kappa shape index (κ3) is 6.35. The Labute approximate surface area is 200 Å². The normalized spacial score (nSPS) is 15.2. The number of rotatable bonds is 10. The molecule has 0 N–H and O–H groups in total. The molecule has 0 aliphatic carbocycles. The second kappa shape index (κ2) is 11.7. The van der Waals surface area contributed by atoms with Crippen LogP contribution in [0, 0.1) is 5.82 Å². The molecule has 0 unspecified atom stereocenters. The lowest BCUT2D eigenvalue weighted by Gasteiger charge is -2.26. The highest BCUT2D eigenvalue weighted by Crippen LogP contribution is 2.21. The van der Waals surface area contributed by atoms with Crippen LogP contribution in [0.4, 0.5) is 4.39 Å². The molecule has 0 bridgehead atoms. The van der Waals surface area contributed by atoms with Gasteiger partial charge in [0.1, 0.15) is 17.3 Å². The van der Waals surface area contributed by atoms with Gasteiger partial charge in [-0.15, -0.1) is 0 Å².